The summed E-state index contributed by atoms with van der Waals surface area (Å²) in [4.78, 5) is 35.5. The Morgan fingerprint density at radius 1 is 1.29 bits per heavy atom. The van der Waals surface area contributed by atoms with E-state index in [-0.39, 0.29) is 17.7 Å². The Kier molecular flexibility index (Phi) is 5.40. The van der Waals surface area contributed by atoms with Gasteiger partial charge in [0.15, 0.2) is 0 Å². The van der Waals surface area contributed by atoms with Gasteiger partial charge in [0.05, 0.1) is 18.6 Å². The number of carboxylic acid groups (broad SMARTS) is 1. The number of methoxy groups -OCH3 is 1. The Labute approximate surface area is 121 Å². The van der Waals surface area contributed by atoms with Crippen LogP contribution in [0.15, 0.2) is 18.2 Å². The number of carboxylic acids is 1. The van der Waals surface area contributed by atoms with Crippen LogP contribution in [0.3, 0.4) is 0 Å². The fourth-order valence-corrected chi connectivity index (χ4v) is 1.74. The maximum atomic E-state index is 13.5. The molecule has 0 saturated heterocycles. The molecule has 1 aromatic carbocycles. The van der Waals surface area contributed by atoms with E-state index in [0.717, 1.165) is 24.1 Å². The highest BCUT2D eigenvalue weighted by molar-refractivity contribution is 5.98. The topological polar surface area (TPSA) is 83.9 Å². The van der Waals surface area contributed by atoms with Crippen molar-refractivity contribution in [2.45, 2.75) is 6.92 Å². The van der Waals surface area contributed by atoms with Crippen molar-refractivity contribution < 1.29 is 28.6 Å². The van der Waals surface area contributed by atoms with Crippen molar-refractivity contribution in [2.75, 3.05) is 20.7 Å². The first-order valence-corrected chi connectivity index (χ1v) is 6.13. The van der Waals surface area contributed by atoms with E-state index in [1.54, 1.807) is 0 Å². The van der Waals surface area contributed by atoms with Crippen molar-refractivity contribution >= 4 is 17.8 Å². The molecule has 21 heavy (non-hydrogen) atoms. The molecule has 0 aliphatic carbocycles. The molecule has 0 aliphatic rings. The monoisotopic (exact) mass is 297 g/mol. The predicted octanol–water partition coefficient (Wildman–Crippen LogP) is 1.41. The molecule has 0 heterocycles. The zero-order valence-corrected chi connectivity index (χ0v) is 11.9. The van der Waals surface area contributed by atoms with Crippen LogP contribution < -0.4 is 0 Å². The Morgan fingerprint density at radius 2 is 1.86 bits per heavy atom. The van der Waals surface area contributed by atoms with Crippen LogP contribution in [0.5, 0.6) is 0 Å². The van der Waals surface area contributed by atoms with Crippen molar-refractivity contribution in [3.8, 4) is 0 Å². The summed E-state index contributed by atoms with van der Waals surface area (Å²) >= 11 is 0. The lowest BCUT2D eigenvalue weighted by Crippen LogP contribution is -2.33. The number of carbonyl (C=O) groups is 3. The highest BCUT2D eigenvalue weighted by Crippen LogP contribution is 2.13. The fraction of sp³-hybridized carbons (Fsp3) is 0.357. The van der Waals surface area contributed by atoms with E-state index in [4.69, 9.17) is 5.11 Å². The zero-order valence-electron chi connectivity index (χ0n) is 11.9. The number of halogens is 1. The quantitative estimate of drug-likeness (QED) is 0.831. The van der Waals surface area contributed by atoms with Gasteiger partial charge in [-0.2, -0.15) is 0 Å². The molecule has 1 aromatic rings. The van der Waals surface area contributed by atoms with Crippen molar-refractivity contribution in [2.24, 2.45) is 5.92 Å². The minimum absolute atomic E-state index is 0.0295. The standard InChI is InChI=1S/C14H16FNO5/c1-8(13(18)19)7-16(2)12(17)9-4-10(14(20)21-3)6-11(15)5-9/h4-6,8H,7H2,1-3H3,(H,18,19). The average Bonchev–Trinajstić information content (AvgIpc) is 2.44. The third-order valence-corrected chi connectivity index (χ3v) is 2.88. The molecule has 0 saturated carbocycles. The minimum Gasteiger partial charge on any atom is -0.481 e. The van der Waals surface area contributed by atoms with Crippen LogP contribution in [-0.4, -0.2) is 48.6 Å². The van der Waals surface area contributed by atoms with Crippen LogP contribution in [0.1, 0.15) is 27.6 Å². The molecule has 6 nitrogen and oxygen atoms in total. The van der Waals surface area contributed by atoms with Gasteiger partial charge < -0.3 is 14.7 Å². The van der Waals surface area contributed by atoms with E-state index in [9.17, 15) is 18.8 Å². The first kappa shape index (κ1) is 16.6. The number of amides is 1. The molecule has 1 N–H and O–H groups in total. The molecular weight excluding hydrogens is 281 g/mol. The molecule has 1 unspecified atom stereocenters. The summed E-state index contributed by atoms with van der Waals surface area (Å²) in [6.45, 7) is 1.43. The van der Waals surface area contributed by atoms with Crippen LogP contribution in [-0.2, 0) is 9.53 Å². The van der Waals surface area contributed by atoms with Crippen molar-refractivity contribution in [1.82, 2.24) is 4.90 Å². The van der Waals surface area contributed by atoms with Gasteiger partial charge in [-0.25, -0.2) is 9.18 Å². The second-order valence-corrected chi connectivity index (χ2v) is 4.65. The number of hydrogen-bond donors (Lipinski definition) is 1. The third-order valence-electron chi connectivity index (χ3n) is 2.88. The van der Waals surface area contributed by atoms with E-state index in [0.29, 0.717) is 0 Å². The number of nitrogens with zero attached hydrogens (tertiary/aromatic N) is 1. The highest BCUT2D eigenvalue weighted by atomic mass is 19.1. The predicted molar refractivity (Wildman–Crippen MR) is 71.5 cm³/mol. The largest absolute Gasteiger partial charge is 0.481 e. The molecule has 0 spiro atoms. The van der Waals surface area contributed by atoms with Crippen LogP contribution in [0.25, 0.3) is 0 Å². The lowest BCUT2D eigenvalue weighted by molar-refractivity contribution is -0.141. The minimum atomic E-state index is -1.04. The Hall–Kier alpha value is -2.44. The Morgan fingerprint density at radius 3 is 2.38 bits per heavy atom. The normalized spacial score (nSPS) is 11.6. The van der Waals surface area contributed by atoms with Gasteiger partial charge in [0.2, 0.25) is 0 Å². The molecule has 1 amide bonds. The van der Waals surface area contributed by atoms with E-state index >= 15 is 0 Å². The summed E-state index contributed by atoms with van der Waals surface area (Å²) in [5, 5.41) is 8.82. The molecule has 1 rings (SSSR count). The molecule has 114 valence electrons. The van der Waals surface area contributed by atoms with Gasteiger partial charge >= 0.3 is 11.9 Å². The summed E-state index contributed by atoms with van der Waals surface area (Å²) in [7, 11) is 2.56. The molecular formula is C14H16FNO5. The molecule has 1 atom stereocenters. The Bertz CT molecular complexity index is 572. The van der Waals surface area contributed by atoms with Crippen molar-refractivity contribution in [3.05, 3.63) is 35.1 Å². The number of carbonyl (C=O) groups excluding carboxylic acids is 2. The molecule has 7 heteroatoms. The van der Waals surface area contributed by atoms with Gasteiger partial charge in [-0.1, -0.05) is 6.92 Å². The number of aliphatic carboxylic acids is 1. The molecule has 0 fully saturated rings. The van der Waals surface area contributed by atoms with Crippen molar-refractivity contribution in [1.29, 1.82) is 0 Å². The summed E-state index contributed by atoms with van der Waals surface area (Å²) in [5.74, 6) is -3.88. The zero-order chi connectivity index (χ0) is 16.2. The maximum Gasteiger partial charge on any atom is 0.337 e. The van der Waals surface area contributed by atoms with Gasteiger partial charge in [0.25, 0.3) is 5.91 Å². The van der Waals surface area contributed by atoms with Gasteiger partial charge in [-0.05, 0) is 18.2 Å². The lowest BCUT2D eigenvalue weighted by Gasteiger charge is -2.19. The van der Waals surface area contributed by atoms with Crippen LogP contribution in [0.4, 0.5) is 4.39 Å². The number of rotatable bonds is 5. The van der Waals surface area contributed by atoms with Gasteiger partial charge in [-0.3, -0.25) is 9.59 Å². The van der Waals surface area contributed by atoms with E-state index in [1.807, 2.05) is 0 Å². The molecule has 0 bridgehead atoms. The van der Waals surface area contributed by atoms with E-state index < -0.39 is 29.6 Å². The van der Waals surface area contributed by atoms with Gasteiger partial charge in [0.1, 0.15) is 5.82 Å². The second-order valence-electron chi connectivity index (χ2n) is 4.65. The third kappa shape index (κ3) is 4.27. The average molecular weight is 297 g/mol. The summed E-state index contributed by atoms with van der Waals surface area (Å²) in [6.07, 6.45) is 0. The van der Waals surface area contributed by atoms with E-state index in [1.165, 1.54) is 20.0 Å². The molecule has 0 aromatic heterocycles. The highest BCUT2D eigenvalue weighted by Gasteiger charge is 2.20. The number of hydrogen-bond acceptors (Lipinski definition) is 4. The first-order chi connectivity index (χ1) is 9.76. The van der Waals surface area contributed by atoms with Crippen LogP contribution in [0, 0.1) is 11.7 Å². The number of esters is 1. The van der Waals surface area contributed by atoms with Gasteiger partial charge in [-0.15, -0.1) is 0 Å². The van der Waals surface area contributed by atoms with Crippen LogP contribution in [0.2, 0.25) is 0 Å². The number of ether oxygens (including phenoxy) is 1. The fourth-order valence-electron chi connectivity index (χ4n) is 1.74. The number of benzene rings is 1. The van der Waals surface area contributed by atoms with Crippen molar-refractivity contribution in [3.63, 3.8) is 0 Å². The van der Waals surface area contributed by atoms with Crippen LogP contribution >= 0.6 is 0 Å². The lowest BCUT2D eigenvalue weighted by atomic mass is 10.1. The Balaban J connectivity index is 2.99. The SMILES string of the molecule is COC(=O)c1cc(F)cc(C(=O)N(C)CC(C)C(=O)O)c1. The van der Waals surface area contributed by atoms with Gasteiger partial charge in [0, 0.05) is 19.2 Å². The molecule has 0 radical (unpaired) electrons. The van der Waals surface area contributed by atoms with E-state index in [2.05, 4.69) is 4.74 Å². The summed E-state index contributed by atoms with van der Waals surface area (Å²) in [5.41, 5.74) is -0.129. The summed E-state index contributed by atoms with van der Waals surface area (Å²) in [6, 6.07) is 3.15. The first-order valence-electron chi connectivity index (χ1n) is 6.13. The second kappa shape index (κ2) is 6.83. The summed E-state index contributed by atoms with van der Waals surface area (Å²) < 4.78 is 17.9. The maximum absolute atomic E-state index is 13.5. The molecule has 0 aliphatic heterocycles. The smallest absolute Gasteiger partial charge is 0.337 e.